The lowest BCUT2D eigenvalue weighted by Crippen LogP contribution is -2.52. The van der Waals surface area contributed by atoms with Crippen molar-refractivity contribution >= 4 is 39.1 Å². The first-order valence-electron chi connectivity index (χ1n) is 12.0. The van der Waals surface area contributed by atoms with E-state index < -0.39 is 28.5 Å². The number of hydrogen-bond acceptors (Lipinski definition) is 5. The van der Waals surface area contributed by atoms with E-state index in [2.05, 4.69) is 5.32 Å². The van der Waals surface area contributed by atoms with E-state index in [1.165, 1.54) is 11.0 Å². The van der Waals surface area contributed by atoms with Crippen LogP contribution in [0.15, 0.2) is 42.5 Å². The van der Waals surface area contributed by atoms with Gasteiger partial charge in [-0.2, -0.15) is 0 Å². The van der Waals surface area contributed by atoms with Gasteiger partial charge < -0.3 is 15.0 Å². The number of sulfonamides is 1. The second-order valence-corrected chi connectivity index (χ2v) is 11.6. The summed E-state index contributed by atoms with van der Waals surface area (Å²) in [4.78, 5) is 28.2. The first-order valence-corrected chi connectivity index (χ1v) is 14.2. The molecule has 3 rings (SSSR count). The van der Waals surface area contributed by atoms with Crippen molar-refractivity contribution < 1.29 is 22.7 Å². The topological polar surface area (TPSA) is 96.0 Å². The Bertz CT molecular complexity index is 1180. The number of nitrogens with one attached hydrogen (secondary N) is 1. The molecule has 1 atom stereocenters. The van der Waals surface area contributed by atoms with Crippen LogP contribution in [0.5, 0.6) is 5.75 Å². The first-order chi connectivity index (χ1) is 17.0. The van der Waals surface area contributed by atoms with Crippen LogP contribution in [0, 0.1) is 6.92 Å². The number of aryl methyl sites for hydroxylation is 1. The maximum absolute atomic E-state index is 13.7. The smallest absolute Gasteiger partial charge is 0.244 e. The van der Waals surface area contributed by atoms with Crippen LogP contribution in [-0.2, 0) is 26.2 Å². The van der Waals surface area contributed by atoms with E-state index in [0.717, 1.165) is 41.8 Å². The quantitative estimate of drug-likeness (QED) is 0.498. The molecule has 0 aliphatic heterocycles. The van der Waals surface area contributed by atoms with Gasteiger partial charge in [-0.05, 0) is 62.1 Å². The summed E-state index contributed by atoms with van der Waals surface area (Å²) in [7, 11) is -2.25. The fourth-order valence-electron chi connectivity index (χ4n) is 4.35. The zero-order valence-electron chi connectivity index (χ0n) is 21.2. The summed E-state index contributed by atoms with van der Waals surface area (Å²) in [6.45, 7) is 3.09. The number of carbonyl (C=O) groups is 2. The molecular weight excluding hydrogens is 502 g/mol. The van der Waals surface area contributed by atoms with E-state index in [9.17, 15) is 18.0 Å². The van der Waals surface area contributed by atoms with Gasteiger partial charge in [0.25, 0.3) is 0 Å². The van der Waals surface area contributed by atoms with Crippen molar-refractivity contribution in [1.82, 2.24) is 10.2 Å². The van der Waals surface area contributed by atoms with Crippen LogP contribution >= 0.6 is 11.6 Å². The molecule has 1 saturated carbocycles. The van der Waals surface area contributed by atoms with Gasteiger partial charge in [0.1, 0.15) is 18.3 Å². The zero-order chi connectivity index (χ0) is 26.5. The van der Waals surface area contributed by atoms with Gasteiger partial charge in [0.2, 0.25) is 21.8 Å². The molecule has 0 spiro atoms. The molecule has 8 nitrogen and oxygen atoms in total. The van der Waals surface area contributed by atoms with Gasteiger partial charge in [-0.1, -0.05) is 42.6 Å². The third-order valence-electron chi connectivity index (χ3n) is 6.50. The molecule has 2 aromatic rings. The monoisotopic (exact) mass is 535 g/mol. The third kappa shape index (κ3) is 7.13. The number of nitrogens with zero attached hydrogens (tertiary/aromatic N) is 2. The Hall–Kier alpha value is -2.78. The summed E-state index contributed by atoms with van der Waals surface area (Å²) in [6.07, 6.45) is 5.01. The molecule has 10 heteroatoms. The van der Waals surface area contributed by atoms with Crippen molar-refractivity contribution in [1.29, 1.82) is 0 Å². The molecule has 2 aromatic carbocycles. The molecule has 1 aliphatic rings. The summed E-state index contributed by atoms with van der Waals surface area (Å²) >= 11 is 6.14. The lowest BCUT2D eigenvalue weighted by molar-refractivity contribution is -0.139. The number of halogens is 1. The van der Waals surface area contributed by atoms with E-state index in [1.54, 1.807) is 45.2 Å². The molecule has 0 radical (unpaired) electrons. The average molecular weight is 536 g/mol. The van der Waals surface area contributed by atoms with Gasteiger partial charge >= 0.3 is 0 Å². The molecule has 1 N–H and O–H groups in total. The number of hydrogen-bond donors (Lipinski definition) is 1. The van der Waals surface area contributed by atoms with Crippen LogP contribution < -0.4 is 14.4 Å². The van der Waals surface area contributed by atoms with Crippen molar-refractivity contribution in [2.75, 3.05) is 24.2 Å². The van der Waals surface area contributed by atoms with Crippen molar-refractivity contribution in [2.45, 2.75) is 58.2 Å². The van der Waals surface area contributed by atoms with E-state index >= 15 is 0 Å². The molecule has 2 amide bonds. The van der Waals surface area contributed by atoms with Gasteiger partial charge in [0.15, 0.2) is 0 Å². The SMILES string of the molecule is COc1ccc(CN(C(=O)CN(c2cc(Cl)ccc2C)S(C)(=O)=O)[C@H](C)C(=O)NC2CCCC2)cc1. The minimum atomic E-state index is -3.82. The van der Waals surface area contributed by atoms with Crippen molar-refractivity contribution in [2.24, 2.45) is 0 Å². The maximum atomic E-state index is 13.7. The summed E-state index contributed by atoms with van der Waals surface area (Å²) < 4.78 is 31.7. The Kier molecular flexibility index (Phi) is 9.24. The van der Waals surface area contributed by atoms with Gasteiger partial charge in [-0.3, -0.25) is 13.9 Å². The molecule has 36 heavy (non-hydrogen) atoms. The van der Waals surface area contributed by atoms with Crippen molar-refractivity contribution in [3.05, 3.63) is 58.6 Å². The number of anilines is 1. The van der Waals surface area contributed by atoms with Gasteiger partial charge in [0, 0.05) is 17.6 Å². The highest BCUT2D eigenvalue weighted by Crippen LogP contribution is 2.27. The van der Waals surface area contributed by atoms with Crippen LogP contribution in [0.3, 0.4) is 0 Å². The fraction of sp³-hybridized carbons (Fsp3) is 0.462. The standard InChI is InChI=1S/C26H34ClN3O5S/c1-18-9-12-21(27)15-24(18)30(36(4,33)34)17-25(31)29(16-20-10-13-23(35-3)14-11-20)19(2)26(32)28-22-7-5-6-8-22/h9-15,19,22H,5-8,16-17H2,1-4H3,(H,28,32)/t19-/m1/s1. The highest BCUT2D eigenvalue weighted by atomic mass is 35.5. The summed E-state index contributed by atoms with van der Waals surface area (Å²) in [5.41, 5.74) is 1.77. The predicted molar refractivity (Wildman–Crippen MR) is 142 cm³/mol. The highest BCUT2D eigenvalue weighted by molar-refractivity contribution is 7.92. The highest BCUT2D eigenvalue weighted by Gasteiger charge is 2.31. The molecular formula is C26H34ClN3O5S. The third-order valence-corrected chi connectivity index (χ3v) is 7.86. The van der Waals surface area contributed by atoms with Crippen LogP contribution in [0.2, 0.25) is 5.02 Å². The summed E-state index contributed by atoms with van der Waals surface area (Å²) in [6, 6.07) is 11.4. The Balaban J connectivity index is 1.90. The van der Waals surface area contributed by atoms with Gasteiger partial charge in [-0.25, -0.2) is 8.42 Å². The molecule has 0 unspecified atom stereocenters. The zero-order valence-corrected chi connectivity index (χ0v) is 22.7. The van der Waals surface area contributed by atoms with Crippen molar-refractivity contribution in [3.63, 3.8) is 0 Å². The molecule has 1 aliphatic carbocycles. The number of ether oxygens (including phenoxy) is 1. The Labute approximate surface area is 218 Å². The average Bonchev–Trinajstić information content (AvgIpc) is 3.34. The van der Waals surface area contributed by atoms with Crippen LogP contribution in [0.1, 0.15) is 43.7 Å². The van der Waals surface area contributed by atoms with Crippen molar-refractivity contribution in [3.8, 4) is 5.75 Å². The minimum Gasteiger partial charge on any atom is -0.497 e. The Morgan fingerprint density at radius 3 is 2.36 bits per heavy atom. The molecule has 1 fully saturated rings. The lowest BCUT2D eigenvalue weighted by Gasteiger charge is -2.32. The Morgan fingerprint density at radius 1 is 1.14 bits per heavy atom. The van der Waals surface area contributed by atoms with Crippen LogP contribution in [0.25, 0.3) is 0 Å². The second kappa shape index (κ2) is 12.0. The minimum absolute atomic E-state index is 0.0968. The lowest BCUT2D eigenvalue weighted by atomic mass is 10.1. The Morgan fingerprint density at radius 2 is 1.78 bits per heavy atom. The number of carbonyl (C=O) groups excluding carboxylic acids is 2. The molecule has 196 valence electrons. The maximum Gasteiger partial charge on any atom is 0.244 e. The second-order valence-electron chi connectivity index (χ2n) is 9.24. The number of amides is 2. The van der Waals surface area contributed by atoms with Crippen LogP contribution in [-0.4, -0.2) is 57.1 Å². The van der Waals surface area contributed by atoms with Crippen LogP contribution in [0.4, 0.5) is 5.69 Å². The van der Waals surface area contributed by atoms with E-state index in [1.807, 2.05) is 12.1 Å². The number of methoxy groups -OCH3 is 1. The first kappa shape index (κ1) is 27.8. The van der Waals surface area contributed by atoms with Gasteiger partial charge in [0.05, 0.1) is 19.1 Å². The van der Waals surface area contributed by atoms with E-state index in [-0.39, 0.29) is 18.5 Å². The molecule has 0 aromatic heterocycles. The fourth-order valence-corrected chi connectivity index (χ4v) is 5.41. The molecule has 0 heterocycles. The normalized spacial score (nSPS) is 14.8. The predicted octanol–water partition coefficient (Wildman–Crippen LogP) is 3.90. The number of benzene rings is 2. The summed E-state index contributed by atoms with van der Waals surface area (Å²) in [5, 5.41) is 3.41. The largest absolute Gasteiger partial charge is 0.497 e. The van der Waals surface area contributed by atoms with E-state index in [0.29, 0.717) is 22.0 Å². The molecule has 0 saturated heterocycles. The summed E-state index contributed by atoms with van der Waals surface area (Å²) in [5.74, 6) is -0.0818. The van der Waals surface area contributed by atoms with Gasteiger partial charge in [-0.15, -0.1) is 0 Å². The van der Waals surface area contributed by atoms with E-state index in [4.69, 9.17) is 16.3 Å². The molecule has 0 bridgehead atoms. The number of rotatable bonds is 10.